The summed E-state index contributed by atoms with van der Waals surface area (Å²) in [6.45, 7) is -0.216. The molecule has 2 amide bonds. The van der Waals surface area contributed by atoms with Crippen LogP contribution in [-0.2, 0) is 15.8 Å². The van der Waals surface area contributed by atoms with Crippen molar-refractivity contribution in [1.29, 1.82) is 0 Å². The van der Waals surface area contributed by atoms with E-state index in [1.165, 1.54) is 0 Å². The minimum Gasteiger partial charge on any atom is -0.369 e. The molecule has 1 heterocycles. The van der Waals surface area contributed by atoms with Crippen LogP contribution in [0.25, 0.3) is 0 Å². The molecule has 1 fully saturated rings. The Hall–Kier alpha value is -2.12. The van der Waals surface area contributed by atoms with E-state index in [0.717, 1.165) is 17.0 Å². The quantitative estimate of drug-likeness (QED) is 0.842. The number of amides is 2. The normalized spacial score (nSPS) is 19.5. The summed E-state index contributed by atoms with van der Waals surface area (Å²) >= 11 is 0. The molecule has 1 aliphatic heterocycles. The van der Waals surface area contributed by atoms with Crippen molar-refractivity contribution in [1.82, 2.24) is 0 Å². The van der Waals surface area contributed by atoms with Gasteiger partial charge in [-0.2, -0.15) is 13.2 Å². The summed E-state index contributed by atoms with van der Waals surface area (Å²) in [6.07, 6.45) is -5.09. The van der Waals surface area contributed by atoms with E-state index in [2.05, 4.69) is 0 Å². The molecule has 1 unspecified atom stereocenters. The Kier molecular flexibility index (Phi) is 3.41. The van der Waals surface area contributed by atoms with Gasteiger partial charge in [0.1, 0.15) is 0 Å². The maximum absolute atomic E-state index is 13.9. The number of carbonyl (C=O) groups is 2. The molecule has 0 radical (unpaired) electrons. The zero-order chi connectivity index (χ0) is 15.1. The van der Waals surface area contributed by atoms with Crippen LogP contribution in [0.2, 0.25) is 0 Å². The van der Waals surface area contributed by atoms with Gasteiger partial charge in [0, 0.05) is 13.0 Å². The lowest BCUT2D eigenvalue weighted by Crippen LogP contribution is -2.29. The minimum absolute atomic E-state index is 0.216. The fourth-order valence-corrected chi connectivity index (χ4v) is 2.08. The Balaban J connectivity index is 2.40. The van der Waals surface area contributed by atoms with Gasteiger partial charge in [-0.1, -0.05) is 6.07 Å². The number of primary amides is 1. The summed E-state index contributed by atoms with van der Waals surface area (Å²) in [5.41, 5.74) is 3.10. The minimum atomic E-state index is -4.86. The molecule has 0 aromatic heterocycles. The Bertz CT molecular complexity index is 571. The number of halogens is 4. The second-order valence-electron chi connectivity index (χ2n) is 4.44. The van der Waals surface area contributed by atoms with Gasteiger partial charge in [0.05, 0.1) is 17.2 Å². The second-order valence-corrected chi connectivity index (χ2v) is 4.44. The van der Waals surface area contributed by atoms with Crippen LogP contribution in [0.4, 0.5) is 23.2 Å². The summed E-state index contributed by atoms with van der Waals surface area (Å²) in [6, 6.07) is 2.66. The molecule has 1 aromatic rings. The van der Waals surface area contributed by atoms with E-state index in [4.69, 9.17) is 5.73 Å². The standard InChI is InChI=1S/C12H10F4N2O2/c13-10-7(12(14,15)16)2-1-3-8(10)18-5-6(11(17)20)4-9(18)19/h1-3,6H,4-5H2,(H2,17,20). The van der Waals surface area contributed by atoms with Crippen LogP contribution in [-0.4, -0.2) is 18.4 Å². The number of benzene rings is 1. The highest BCUT2D eigenvalue weighted by Gasteiger charge is 2.39. The zero-order valence-electron chi connectivity index (χ0n) is 10.1. The number of carbonyl (C=O) groups excluding carboxylic acids is 2. The van der Waals surface area contributed by atoms with Crippen molar-refractivity contribution in [3.8, 4) is 0 Å². The van der Waals surface area contributed by atoms with E-state index >= 15 is 0 Å². The van der Waals surface area contributed by atoms with Gasteiger partial charge >= 0.3 is 6.18 Å². The van der Waals surface area contributed by atoms with E-state index in [9.17, 15) is 27.2 Å². The van der Waals surface area contributed by atoms with E-state index in [1.54, 1.807) is 0 Å². The van der Waals surface area contributed by atoms with Crippen LogP contribution in [0.1, 0.15) is 12.0 Å². The molecule has 4 nitrogen and oxygen atoms in total. The third-order valence-corrected chi connectivity index (χ3v) is 3.10. The SMILES string of the molecule is NC(=O)C1CC(=O)N(c2cccc(C(F)(F)F)c2F)C1. The van der Waals surface area contributed by atoms with Gasteiger partial charge in [0.2, 0.25) is 11.8 Å². The fourth-order valence-electron chi connectivity index (χ4n) is 2.08. The van der Waals surface area contributed by atoms with E-state index < -0.39 is 41.0 Å². The van der Waals surface area contributed by atoms with Crippen molar-refractivity contribution in [2.75, 3.05) is 11.4 Å². The van der Waals surface area contributed by atoms with Gasteiger partial charge in [-0.15, -0.1) is 0 Å². The Morgan fingerprint density at radius 2 is 2.00 bits per heavy atom. The number of anilines is 1. The Labute approximate surface area is 111 Å². The van der Waals surface area contributed by atoms with Crippen LogP contribution in [0, 0.1) is 11.7 Å². The van der Waals surface area contributed by atoms with Gasteiger partial charge in [-0.05, 0) is 12.1 Å². The third-order valence-electron chi connectivity index (χ3n) is 3.10. The lowest BCUT2D eigenvalue weighted by Gasteiger charge is -2.19. The summed E-state index contributed by atoms with van der Waals surface area (Å²) < 4.78 is 51.7. The first kappa shape index (κ1) is 14.3. The van der Waals surface area contributed by atoms with Crippen LogP contribution in [0.3, 0.4) is 0 Å². The molecule has 0 aliphatic carbocycles. The Morgan fingerprint density at radius 3 is 2.50 bits per heavy atom. The van der Waals surface area contributed by atoms with Crippen molar-refractivity contribution in [3.63, 3.8) is 0 Å². The van der Waals surface area contributed by atoms with Gasteiger partial charge in [-0.3, -0.25) is 9.59 Å². The van der Waals surface area contributed by atoms with E-state index in [0.29, 0.717) is 6.07 Å². The maximum Gasteiger partial charge on any atom is 0.419 e. The molecule has 0 spiro atoms. The molecule has 0 bridgehead atoms. The molecule has 2 rings (SSSR count). The first-order chi connectivity index (χ1) is 9.21. The van der Waals surface area contributed by atoms with Crippen LogP contribution in [0.15, 0.2) is 18.2 Å². The van der Waals surface area contributed by atoms with Crippen LogP contribution < -0.4 is 10.6 Å². The summed E-state index contributed by atoms with van der Waals surface area (Å²) in [7, 11) is 0. The molecule has 1 aliphatic rings. The topological polar surface area (TPSA) is 63.4 Å². The maximum atomic E-state index is 13.9. The summed E-state index contributed by atoms with van der Waals surface area (Å²) in [4.78, 5) is 23.5. The lowest BCUT2D eigenvalue weighted by molar-refractivity contribution is -0.140. The van der Waals surface area contributed by atoms with E-state index in [1.807, 2.05) is 0 Å². The predicted molar refractivity (Wildman–Crippen MR) is 61.1 cm³/mol. The highest BCUT2D eigenvalue weighted by atomic mass is 19.4. The second kappa shape index (κ2) is 4.77. The molecular weight excluding hydrogens is 280 g/mol. The van der Waals surface area contributed by atoms with Gasteiger partial charge < -0.3 is 10.6 Å². The number of hydrogen-bond donors (Lipinski definition) is 1. The number of nitrogens with two attached hydrogens (primary N) is 1. The first-order valence-electron chi connectivity index (χ1n) is 5.67. The van der Waals surface area contributed by atoms with Crippen molar-refractivity contribution in [2.45, 2.75) is 12.6 Å². The molecule has 1 saturated heterocycles. The molecule has 1 aromatic carbocycles. The van der Waals surface area contributed by atoms with Crippen molar-refractivity contribution in [2.24, 2.45) is 11.7 Å². The van der Waals surface area contributed by atoms with Crippen LogP contribution in [0.5, 0.6) is 0 Å². The van der Waals surface area contributed by atoms with Gasteiger partial charge in [0.15, 0.2) is 5.82 Å². The summed E-state index contributed by atoms with van der Waals surface area (Å²) in [5, 5.41) is 0. The fraction of sp³-hybridized carbons (Fsp3) is 0.333. The smallest absolute Gasteiger partial charge is 0.369 e. The molecule has 20 heavy (non-hydrogen) atoms. The molecule has 1 atom stereocenters. The van der Waals surface area contributed by atoms with Gasteiger partial charge in [-0.25, -0.2) is 4.39 Å². The Morgan fingerprint density at radius 1 is 1.35 bits per heavy atom. The van der Waals surface area contributed by atoms with Crippen molar-refractivity contribution in [3.05, 3.63) is 29.6 Å². The zero-order valence-corrected chi connectivity index (χ0v) is 10.1. The molecule has 108 valence electrons. The van der Waals surface area contributed by atoms with Crippen LogP contribution >= 0.6 is 0 Å². The van der Waals surface area contributed by atoms with E-state index in [-0.39, 0.29) is 13.0 Å². The largest absolute Gasteiger partial charge is 0.419 e. The number of alkyl halides is 3. The molecule has 2 N–H and O–H groups in total. The molecule has 0 saturated carbocycles. The van der Waals surface area contributed by atoms with Gasteiger partial charge in [0.25, 0.3) is 0 Å². The molecular formula is C12H10F4N2O2. The average molecular weight is 290 g/mol. The number of rotatable bonds is 2. The first-order valence-corrected chi connectivity index (χ1v) is 5.67. The molecule has 8 heteroatoms. The van der Waals surface area contributed by atoms with Crippen molar-refractivity contribution >= 4 is 17.5 Å². The highest BCUT2D eigenvalue weighted by molar-refractivity contribution is 6.00. The van der Waals surface area contributed by atoms with Crippen molar-refractivity contribution < 1.29 is 27.2 Å². The summed E-state index contributed by atoms with van der Waals surface area (Å²) in [5.74, 6) is -3.73. The number of nitrogens with zero attached hydrogens (tertiary/aromatic N) is 1. The average Bonchev–Trinajstić information content (AvgIpc) is 2.70. The number of hydrogen-bond acceptors (Lipinski definition) is 2. The third kappa shape index (κ3) is 2.45. The lowest BCUT2D eigenvalue weighted by atomic mass is 10.1. The monoisotopic (exact) mass is 290 g/mol. The highest BCUT2D eigenvalue weighted by Crippen LogP contribution is 2.36. The predicted octanol–water partition coefficient (Wildman–Crippen LogP) is 1.68.